The van der Waals surface area contributed by atoms with Gasteiger partial charge in [-0.2, -0.15) is 0 Å². The van der Waals surface area contributed by atoms with Gasteiger partial charge in [0, 0.05) is 18.5 Å². The summed E-state index contributed by atoms with van der Waals surface area (Å²) in [4.78, 5) is 12.0. The highest BCUT2D eigenvalue weighted by molar-refractivity contribution is 5.93. The number of halogens is 2. The van der Waals surface area contributed by atoms with Gasteiger partial charge in [0.2, 0.25) is 5.91 Å². The van der Waals surface area contributed by atoms with Gasteiger partial charge in [-0.25, -0.2) is 4.39 Å². The molecule has 1 fully saturated rings. The van der Waals surface area contributed by atoms with Crippen LogP contribution in [0.3, 0.4) is 0 Å². The van der Waals surface area contributed by atoms with Crippen molar-refractivity contribution >= 4 is 24.0 Å². The molecule has 21 heavy (non-hydrogen) atoms. The smallest absolute Gasteiger partial charge is 0.228 e. The van der Waals surface area contributed by atoms with Crippen LogP contribution in [0.5, 0.6) is 5.75 Å². The lowest BCUT2D eigenvalue weighted by Gasteiger charge is -2.15. The number of rotatable bonds is 7. The Morgan fingerprint density at radius 1 is 1.48 bits per heavy atom. The molecule has 1 aliphatic rings. The number of hydrogen-bond donors (Lipinski definition) is 2. The zero-order valence-electron chi connectivity index (χ0n) is 12.3. The molecule has 118 valence electrons. The second-order valence-corrected chi connectivity index (χ2v) is 5.34. The van der Waals surface area contributed by atoms with Gasteiger partial charge in [-0.1, -0.05) is 6.92 Å². The van der Waals surface area contributed by atoms with Crippen molar-refractivity contribution in [2.24, 2.45) is 11.8 Å². The summed E-state index contributed by atoms with van der Waals surface area (Å²) in [5, 5.41) is 5.75. The van der Waals surface area contributed by atoms with Crippen LogP contribution in [0.15, 0.2) is 18.2 Å². The van der Waals surface area contributed by atoms with Gasteiger partial charge < -0.3 is 15.4 Å². The Bertz CT molecular complexity index is 481. The molecule has 1 aromatic rings. The SMILES string of the molecule is CNCC(C)C(=O)Nc1ccc(F)cc1OCC1CC1.Cl. The van der Waals surface area contributed by atoms with Crippen molar-refractivity contribution in [3.8, 4) is 5.75 Å². The summed E-state index contributed by atoms with van der Waals surface area (Å²) >= 11 is 0. The van der Waals surface area contributed by atoms with Gasteiger partial charge in [-0.15, -0.1) is 12.4 Å². The third-order valence-electron chi connectivity index (χ3n) is 3.33. The highest BCUT2D eigenvalue weighted by Crippen LogP contribution is 2.32. The molecule has 1 atom stereocenters. The van der Waals surface area contributed by atoms with Crippen LogP contribution in [0.25, 0.3) is 0 Å². The van der Waals surface area contributed by atoms with E-state index in [2.05, 4.69) is 10.6 Å². The van der Waals surface area contributed by atoms with Crippen molar-refractivity contribution in [1.29, 1.82) is 0 Å². The van der Waals surface area contributed by atoms with Crippen molar-refractivity contribution in [3.05, 3.63) is 24.0 Å². The molecule has 6 heteroatoms. The zero-order valence-corrected chi connectivity index (χ0v) is 13.1. The Morgan fingerprint density at radius 2 is 2.19 bits per heavy atom. The van der Waals surface area contributed by atoms with Crippen molar-refractivity contribution in [3.63, 3.8) is 0 Å². The van der Waals surface area contributed by atoms with E-state index in [4.69, 9.17) is 4.74 Å². The normalized spacial score (nSPS) is 15.0. The maximum absolute atomic E-state index is 13.3. The Hall–Kier alpha value is -1.33. The van der Waals surface area contributed by atoms with Crippen molar-refractivity contribution < 1.29 is 13.9 Å². The summed E-state index contributed by atoms with van der Waals surface area (Å²) in [6.07, 6.45) is 2.33. The van der Waals surface area contributed by atoms with Crippen LogP contribution >= 0.6 is 12.4 Å². The fourth-order valence-electron chi connectivity index (χ4n) is 1.87. The quantitative estimate of drug-likeness (QED) is 0.813. The maximum atomic E-state index is 13.3. The van der Waals surface area contributed by atoms with E-state index in [1.54, 1.807) is 13.1 Å². The van der Waals surface area contributed by atoms with Gasteiger partial charge in [-0.05, 0) is 37.9 Å². The average molecular weight is 317 g/mol. The molecule has 2 N–H and O–H groups in total. The second-order valence-electron chi connectivity index (χ2n) is 5.34. The monoisotopic (exact) mass is 316 g/mol. The van der Waals surface area contributed by atoms with Crippen LogP contribution in [0.2, 0.25) is 0 Å². The van der Waals surface area contributed by atoms with Gasteiger partial charge >= 0.3 is 0 Å². The molecule has 4 nitrogen and oxygen atoms in total. The van der Waals surface area contributed by atoms with Gasteiger partial charge in [0.05, 0.1) is 12.3 Å². The highest BCUT2D eigenvalue weighted by Gasteiger charge is 2.23. The predicted molar refractivity (Wildman–Crippen MR) is 83.6 cm³/mol. The Balaban J connectivity index is 0.00000220. The van der Waals surface area contributed by atoms with Gasteiger partial charge in [0.15, 0.2) is 0 Å². The second kappa shape index (κ2) is 8.20. The number of amides is 1. The van der Waals surface area contributed by atoms with Gasteiger partial charge in [-0.3, -0.25) is 4.79 Å². The lowest BCUT2D eigenvalue weighted by molar-refractivity contribution is -0.119. The Kier molecular flexibility index (Phi) is 6.92. The number of hydrogen-bond acceptors (Lipinski definition) is 3. The van der Waals surface area contributed by atoms with E-state index < -0.39 is 0 Å². The fourth-order valence-corrected chi connectivity index (χ4v) is 1.87. The molecule has 1 aliphatic carbocycles. The molecule has 0 radical (unpaired) electrons. The van der Waals surface area contributed by atoms with Crippen LogP contribution in [0, 0.1) is 17.7 Å². The number of carbonyl (C=O) groups excluding carboxylic acids is 1. The van der Waals surface area contributed by atoms with Crippen molar-refractivity contribution in [2.75, 3.05) is 25.5 Å². The maximum Gasteiger partial charge on any atom is 0.228 e. The minimum atomic E-state index is -0.364. The number of ether oxygens (including phenoxy) is 1. The van der Waals surface area contributed by atoms with Crippen LogP contribution in [-0.2, 0) is 4.79 Å². The first kappa shape index (κ1) is 17.7. The summed E-state index contributed by atoms with van der Waals surface area (Å²) in [6, 6.07) is 4.19. The molecule has 1 unspecified atom stereocenters. The molecule has 2 rings (SSSR count). The Morgan fingerprint density at radius 3 is 2.81 bits per heavy atom. The molecule has 0 saturated heterocycles. The predicted octanol–water partition coefficient (Wildman–Crippen LogP) is 2.83. The molecule has 0 aromatic heterocycles. The fraction of sp³-hybridized carbons (Fsp3) is 0.533. The number of benzene rings is 1. The van der Waals surface area contributed by atoms with E-state index in [0.717, 1.165) is 12.8 Å². The van der Waals surface area contributed by atoms with E-state index in [0.29, 0.717) is 30.5 Å². The molecular weight excluding hydrogens is 295 g/mol. The lowest BCUT2D eigenvalue weighted by atomic mass is 10.1. The largest absolute Gasteiger partial charge is 0.491 e. The van der Waals surface area contributed by atoms with Crippen molar-refractivity contribution in [2.45, 2.75) is 19.8 Å². The first-order valence-electron chi connectivity index (χ1n) is 6.98. The first-order chi connectivity index (χ1) is 9.60. The van der Waals surface area contributed by atoms with Gasteiger partial charge in [0.25, 0.3) is 0 Å². The van der Waals surface area contributed by atoms with E-state index in [9.17, 15) is 9.18 Å². The molecule has 0 spiro atoms. The average Bonchev–Trinajstić information content (AvgIpc) is 3.23. The van der Waals surface area contributed by atoms with Crippen molar-refractivity contribution in [1.82, 2.24) is 5.32 Å². The molecular formula is C15H22ClFN2O2. The number of nitrogens with one attached hydrogen (secondary N) is 2. The first-order valence-corrected chi connectivity index (χ1v) is 6.98. The van der Waals surface area contributed by atoms with E-state index in [-0.39, 0.29) is 30.0 Å². The van der Waals surface area contributed by atoms with Crippen LogP contribution in [-0.4, -0.2) is 26.1 Å². The molecule has 0 aliphatic heterocycles. The minimum absolute atomic E-state index is 0. The summed E-state index contributed by atoms with van der Waals surface area (Å²) in [6.45, 7) is 3.00. The summed E-state index contributed by atoms with van der Waals surface area (Å²) in [5.41, 5.74) is 0.528. The summed E-state index contributed by atoms with van der Waals surface area (Å²) < 4.78 is 18.9. The van der Waals surface area contributed by atoms with E-state index >= 15 is 0 Å². The zero-order chi connectivity index (χ0) is 14.5. The van der Waals surface area contributed by atoms with Gasteiger partial charge in [0.1, 0.15) is 11.6 Å². The third kappa shape index (κ3) is 5.52. The van der Waals surface area contributed by atoms with Crippen LogP contribution in [0.1, 0.15) is 19.8 Å². The van der Waals surface area contributed by atoms with Crippen LogP contribution < -0.4 is 15.4 Å². The molecule has 0 bridgehead atoms. The Labute approximate surface area is 130 Å². The highest BCUT2D eigenvalue weighted by atomic mass is 35.5. The molecule has 1 saturated carbocycles. The summed E-state index contributed by atoms with van der Waals surface area (Å²) in [7, 11) is 1.80. The third-order valence-corrected chi connectivity index (χ3v) is 3.33. The number of carbonyl (C=O) groups is 1. The molecule has 0 heterocycles. The number of anilines is 1. The molecule has 1 amide bonds. The topological polar surface area (TPSA) is 50.4 Å². The summed E-state index contributed by atoms with van der Waals surface area (Å²) in [5.74, 6) is 0.340. The lowest BCUT2D eigenvalue weighted by Crippen LogP contribution is -2.28. The minimum Gasteiger partial charge on any atom is -0.491 e. The van der Waals surface area contributed by atoms with E-state index in [1.165, 1.54) is 12.1 Å². The van der Waals surface area contributed by atoms with E-state index in [1.807, 2.05) is 6.92 Å². The standard InChI is InChI=1S/C15H21FN2O2.ClH/c1-10(8-17-2)15(19)18-13-6-5-12(16)7-14(13)20-9-11-3-4-11;/h5-7,10-11,17H,3-4,8-9H2,1-2H3,(H,18,19);1H. The molecule has 1 aromatic carbocycles. The van der Waals surface area contributed by atoms with Crippen LogP contribution in [0.4, 0.5) is 10.1 Å².